The van der Waals surface area contributed by atoms with E-state index in [0.717, 1.165) is 0 Å². The zero-order chi connectivity index (χ0) is 2.71. The molecule has 1 nitrogen and oxygen atoms in total. The van der Waals surface area contributed by atoms with Crippen molar-refractivity contribution in [1.29, 1.82) is 0 Å². The molecule has 4 heavy (non-hydrogen) atoms. The Bertz CT molecular complexity index is 6.00. The molecule has 0 spiro atoms. The number of aliphatic hydroxyl groups excluding tert-OH is 1. The Kier molecular flexibility index (Phi) is 21.0. The molecule has 0 aromatic carbocycles. The van der Waals surface area contributed by atoms with Gasteiger partial charge in [0.1, 0.15) is 0 Å². The molecular formula is C2H6ORh. The van der Waals surface area contributed by atoms with Gasteiger partial charge in [-0.3, -0.25) is 0 Å². The van der Waals surface area contributed by atoms with Gasteiger partial charge in [-0.15, -0.1) is 0 Å². The summed E-state index contributed by atoms with van der Waals surface area (Å²) in [6.07, 6.45) is 0. The smallest absolute Gasteiger partial charge is 0.0402 e. The third kappa shape index (κ3) is 19.0. The van der Waals surface area contributed by atoms with Crippen LogP contribution in [0.3, 0.4) is 0 Å². The van der Waals surface area contributed by atoms with Gasteiger partial charge in [0.25, 0.3) is 0 Å². The average Bonchev–Trinajstić information content (AvgIpc) is 0.918. The number of hydrogen-bond acceptors (Lipinski definition) is 1. The molecule has 29 valence electrons. The molecule has 1 radical (unpaired) electrons. The van der Waals surface area contributed by atoms with Crippen LogP contribution in [-0.4, -0.2) is 11.7 Å². The Hall–Kier alpha value is 0.583. The molecule has 2 heteroatoms. The van der Waals surface area contributed by atoms with Crippen molar-refractivity contribution in [2.75, 3.05) is 6.61 Å². The van der Waals surface area contributed by atoms with Crippen LogP contribution in [0.25, 0.3) is 0 Å². The van der Waals surface area contributed by atoms with Crippen molar-refractivity contribution in [2.24, 2.45) is 0 Å². The summed E-state index contributed by atoms with van der Waals surface area (Å²) >= 11 is 0. The fourth-order valence-corrected chi connectivity index (χ4v) is 0. The average molecular weight is 149 g/mol. The van der Waals surface area contributed by atoms with Crippen LogP contribution in [0.5, 0.6) is 0 Å². The van der Waals surface area contributed by atoms with Gasteiger partial charge in [0, 0.05) is 26.1 Å². The minimum Gasteiger partial charge on any atom is -0.397 e. The normalized spacial score (nSPS) is 4.50. The molecule has 0 aromatic heterocycles. The quantitative estimate of drug-likeness (QED) is 0.480. The van der Waals surface area contributed by atoms with Gasteiger partial charge in [-0.05, 0) is 6.92 Å². The number of rotatable bonds is 0. The van der Waals surface area contributed by atoms with Crippen molar-refractivity contribution in [2.45, 2.75) is 6.92 Å². The van der Waals surface area contributed by atoms with Gasteiger partial charge in [0.05, 0.1) is 0 Å². The molecule has 0 aliphatic carbocycles. The Balaban J connectivity index is 0. The second-order valence-corrected chi connectivity index (χ2v) is 0.316. The van der Waals surface area contributed by atoms with Crippen molar-refractivity contribution in [3.05, 3.63) is 0 Å². The zero-order valence-corrected chi connectivity index (χ0v) is 4.13. The van der Waals surface area contributed by atoms with Gasteiger partial charge in [0.2, 0.25) is 0 Å². The fraction of sp³-hybridized carbons (Fsp3) is 1.00. The van der Waals surface area contributed by atoms with Crippen LogP contribution in [0.4, 0.5) is 0 Å². The van der Waals surface area contributed by atoms with E-state index < -0.39 is 0 Å². The van der Waals surface area contributed by atoms with Gasteiger partial charge >= 0.3 is 0 Å². The summed E-state index contributed by atoms with van der Waals surface area (Å²) in [5, 5.41) is 7.57. The first-order valence-corrected chi connectivity index (χ1v) is 1.02. The topological polar surface area (TPSA) is 20.2 Å². The van der Waals surface area contributed by atoms with E-state index in [-0.39, 0.29) is 26.1 Å². The van der Waals surface area contributed by atoms with Crippen molar-refractivity contribution in [3.8, 4) is 0 Å². The summed E-state index contributed by atoms with van der Waals surface area (Å²) in [5.74, 6) is 0. The largest absolute Gasteiger partial charge is 0.397 e. The molecule has 0 aromatic rings. The second-order valence-electron chi connectivity index (χ2n) is 0.316. The molecular weight excluding hydrogens is 143 g/mol. The summed E-state index contributed by atoms with van der Waals surface area (Å²) in [6.45, 7) is 1.93. The molecule has 0 aliphatic rings. The van der Waals surface area contributed by atoms with Crippen LogP contribution < -0.4 is 0 Å². The van der Waals surface area contributed by atoms with E-state index >= 15 is 0 Å². The molecule has 1 N–H and O–H groups in total. The maximum absolute atomic E-state index is 7.57. The summed E-state index contributed by atoms with van der Waals surface area (Å²) in [5.41, 5.74) is 0. The standard InChI is InChI=1S/C2H6O.Rh/c1-2-3;/h3H,2H2,1H3;. The zero-order valence-electron chi connectivity index (χ0n) is 2.49. The Morgan fingerprint density at radius 1 is 1.75 bits per heavy atom. The Morgan fingerprint density at radius 2 is 1.75 bits per heavy atom. The predicted octanol–water partition coefficient (Wildman–Crippen LogP) is -0.00390. The molecule has 0 saturated carbocycles. The first-order valence-electron chi connectivity index (χ1n) is 1.02. The minimum absolute atomic E-state index is 0. The maximum Gasteiger partial charge on any atom is 0.0402 e. The molecule has 0 atom stereocenters. The molecule has 0 aliphatic heterocycles. The van der Waals surface area contributed by atoms with E-state index in [1.165, 1.54) is 0 Å². The van der Waals surface area contributed by atoms with Crippen molar-refractivity contribution in [3.63, 3.8) is 0 Å². The molecule has 0 unspecified atom stereocenters. The van der Waals surface area contributed by atoms with Crippen LogP contribution in [-0.2, 0) is 19.5 Å². The predicted molar refractivity (Wildman–Crippen MR) is 12.8 cm³/mol. The van der Waals surface area contributed by atoms with E-state index in [4.69, 9.17) is 5.11 Å². The Labute approximate surface area is 38.8 Å². The van der Waals surface area contributed by atoms with E-state index in [0.29, 0.717) is 0 Å². The van der Waals surface area contributed by atoms with Gasteiger partial charge in [0.15, 0.2) is 0 Å². The maximum atomic E-state index is 7.57. The summed E-state index contributed by atoms with van der Waals surface area (Å²) in [6, 6.07) is 0. The van der Waals surface area contributed by atoms with E-state index in [2.05, 4.69) is 0 Å². The summed E-state index contributed by atoms with van der Waals surface area (Å²) < 4.78 is 0. The first kappa shape index (κ1) is 8.82. The molecule has 0 bridgehead atoms. The van der Waals surface area contributed by atoms with E-state index in [9.17, 15) is 0 Å². The van der Waals surface area contributed by atoms with Crippen LogP contribution in [0, 0.1) is 0 Å². The Morgan fingerprint density at radius 3 is 1.75 bits per heavy atom. The van der Waals surface area contributed by atoms with Gasteiger partial charge in [-0.25, -0.2) is 0 Å². The molecule has 0 fully saturated rings. The number of hydrogen-bond donors (Lipinski definition) is 1. The van der Waals surface area contributed by atoms with E-state index in [1.54, 1.807) is 6.92 Å². The van der Waals surface area contributed by atoms with Crippen LogP contribution in [0.15, 0.2) is 0 Å². The second kappa shape index (κ2) is 9.54. The first-order chi connectivity index (χ1) is 1.41. The monoisotopic (exact) mass is 149 g/mol. The van der Waals surface area contributed by atoms with Crippen LogP contribution >= 0.6 is 0 Å². The van der Waals surface area contributed by atoms with Crippen LogP contribution in [0.2, 0.25) is 0 Å². The minimum atomic E-state index is 0. The molecule has 0 saturated heterocycles. The SMILES string of the molecule is CCO.[Rh]. The van der Waals surface area contributed by atoms with Gasteiger partial charge in [-0.2, -0.15) is 0 Å². The molecule has 0 heterocycles. The molecule has 0 amide bonds. The summed E-state index contributed by atoms with van der Waals surface area (Å²) in [7, 11) is 0. The van der Waals surface area contributed by atoms with Crippen molar-refractivity contribution >= 4 is 0 Å². The van der Waals surface area contributed by atoms with Crippen LogP contribution in [0.1, 0.15) is 6.92 Å². The van der Waals surface area contributed by atoms with Crippen molar-refractivity contribution in [1.82, 2.24) is 0 Å². The third-order valence-corrected chi connectivity index (χ3v) is 0. The third-order valence-electron chi connectivity index (χ3n) is 0. The van der Waals surface area contributed by atoms with Crippen molar-refractivity contribution < 1.29 is 24.6 Å². The van der Waals surface area contributed by atoms with Gasteiger partial charge < -0.3 is 5.11 Å². The molecule has 0 rings (SSSR count). The summed E-state index contributed by atoms with van der Waals surface area (Å²) in [4.78, 5) is 0. The fourth-order valence-electron chi connectivity index (χ4n) is 0. The number of aliphatic hydroxyl groups is 1. The van der Waals surface area contributed by atoms with Gasteiger partial charge in [-0.1, -0.05) is 0 Å². The van der Waals surface area contributed by atoms with E-state index in [1.807, 2.05) is 0 Å².